The summed E-state index contributed by atoms with van der Waals surface area (Å²) in [7, 11) is 1.55. The van der Waals surface area contributed by atoms with Gasteiger partial charge in [0.25, 0.3) is 0 Å². The van der Waals surface area contributed by atoms with Crippen molar-refractivity contribution < 1.29 is 9.53 Å². The first-order chi connectivity index (χ1) is 14.7. The van der Waals surface area contributed by atoms with E-state index in [1.54, 1.807) is 25.3 Å². The van der Waals surface area contributed by atoms with Crippen LogP contribution >= 0.6 is 23.4 Å². The molecule has 0 unspecified atom stereocenters. The number of thioether (sulfide) groups is 1. The highest BCUT2D eigenvalue weighted by atomic mass is 35.5. The van der Waals surface area contributed by atoms with Crippen molar-refractivity contribution in [3.8, 4) is 17.1 Å². The first kappa shape index (κ1) is 23.2. The molecule has 0 bridgehead atoms. The Morgan fingerprint density at radius 1 is 1.16 bits per heavy atom. The number of carbonyl (C=O) groups is 1. The molecule has 2 aromatic carbocycles. The smallest absolute Gasteiger partial charge is 0.234 e. The zero-order valence-electron chi connectivity index (χ0n) is 18.4. The number of anilines is 1. The largest absolute Gasteiger partial charge is 0.495 e. The van der Waals surface area contributed by atoms with Crippen molar-refractivity contribution >= 4 is 35.0 Å². The molecule has 0 spiro atoms. The van der Waals surface area contributed by atoms with Crippen LogP contribution in [0.5, 0.6) is 5.75 Å². The number of nitrogens with zero attached hydrogens (tertiary/aromatic N) is 3. The molecule has 3 aromatic rings. The normalized spacial score (nSPS) is 11.4. The Morgan fingerprint density at radius 3 is 2.45 bits per heavy atom. The predicted octanol–water partition coefficient (Wildman–Crippen LogP) is 5.66. The van der Waals surface area contributed by atoms with E-state index in [4.69, 9.17) is 16.3 Å². The van der Waals surface area contributed by atoms with E-state index in [0.717, 1.165) is 11.4 Å². The summed E-state index contributed by atoms with van der Waals surface area (Å²) in [6.07, 6.45) is 0. The van der Waals surface area contributed by atoms with Gasteiger partial charge < -0.3 is 14.6 Å². The minimum absolute atomic E-state index is 0.0967. The van der Waals surface area contributed by atoms with Crippen molar-refractivity contribution in [1.29, 1.82) is 0 Å². The molecular weight excluding hydrogens is 432 g/mol. The lowest BCUT2D eigenvalue weighted by Gasteiger charge is -2.19. The summed E-state index contributed by atoms with van der Waals surface area (Å²) in [5.41, 5.74) is 2.99. The highest BCUT2D eigenvalue weighted by Crippen LogP contribution is 2.29. The molecule has 8 heteroatoms. The van der Waals surface area contributed by atoms with Gasteiger partial charge in [0.2, 0.25) is 5.91 Å². The molecule has 31 heavy (non-hydrogen) atoms. The summed E-state index contributed by atoms with van der Waals surface area (Å²) in [6.45, 7) is 9.32. The van der Waals surface area contributed by atoms with Gasteiger partial charge in [0.15, 0.2) is 11.0 Å². The lowest BCUT2D eigenvalue weighted by molar-refractivity contribution is -0.113. The van der Waals surface area contributed by atoms with E-state index >= 15 is 0 Å². The van der Waals surface area contributed by atoms with Crippen LogP contribution in [0.3, 0.4) is 0 Å². The average Bonchev–Trinajstić information content (AvgIpc) is 3.15. The Hall–Kier alpha value is -2.51. The Balaban J connectivity index is 1.68. The molecule has 3 rings (SSSR count). The topological polar surface area (TPSA) is 69.0 Å². The molecule has 6 nitrogen and oxygen atoms in total. The van der Waals surface area contributed by atoms with E-state index in [1.807, 2.05) is 11.5 Å². The first-order valence-corrected chi connectivity index (χ1v) is 11.4. The Morgan fingerprint density at radius 2 is 1.87 bits per heavy atom. The quantitative estimate of drug-likeness (QED) is 0.463. The zero-order valence-corrected chi connectivity index (χ0v) is 20.0. The van der Waals surface area contributed by atoms with Crippen LogP contribution in [0, 0.1) is 0 Å². The lowest BCUT2D eigenvalue weighted by atomic mass is 9.87. The second-order valence-corrected chi connectivity index (χ2v) is 9.41. The molecule has 1 amide bonds. The van der Waals surface area contributed by atoms with Crippen LogP contribution in [0.15, 0.2) is 47.6 Å². The highest BCUT2D eigenvalue weighted by molar-refractivity contribution is 7.99. The van der Waals surface area contributed by atoms with Gasteiger partial charge in [-0.05, 0) is 36.1 Å². The number of amides is 1. The van der Waals surface area contributed by atoms with Crippen LogP contribution in [-0.2, 0) is 16.8 Å². The Bertz CT molecular complexity index is 1060. The third-order valence-corrected chi connectivity index (χ3v) is 6.07. The van der Waals surface area contributed by atoms with Gasteiger partial charge >= 0.3 is 0 Å². The number of rotatable bonds is 7. The van der Waals surface area contributed by atoms with Gasteiger partial charge in [-0.1, -0.05) is 68.4 Å². The molecular formula is C23H27ClN4O2S. The molecule has 1 aromatic heterocycles. The molecule has 0 saturated carbocycles. The molecule has 0 aliphatic carbocycles. The number of carbonyl (C=O) groups excluding carboxylic acids is 1. The molecule has 0 aliphatic rings. The Labute approximate surface area is 192 Å². The third kappa shape index (κ3) is 5.60. The maximum absolute atomic E-state index is 12.4. The van der Waals surface area contributed by atoms with Gasteiger partial charge in [-0.25, -0.2) is 0 Å². The first-order valence-electron chi connectivity index (χ1n) is 10.0. The second-order valence-electron chi connectivity index (χ2n) is 8.06. The van der Waals surface area contributed by atoms with Gasteiger partial charge in [0.05, 0.1) is 17.9 Å². The van der Waals surface area contributed by atoms with E-state index < -0.39 is 0 Å². The average molecular weight is 459 g/mol. The molecule has 0 radical (unpaired) electrons. The van der Waals surface area contributed by atoms with Gasteiger partial charge in [-0.3, -0.25) is 4.79 Å². The molecule has 1 N–H and O–H groups in total. The van der Waals surface area contributed by atoms with Crippen molar-refractivity contribution in [2.75, 3.05) is 18.2 Å². The molecule has 0 saturated heterocycles. The number of methoxy groups -OCH3 is 1. The summed E-state index contributed by atoms with van der Waals surface area (Å²) in [6, 6.07) is 13.5. The van der Waals surface area contributed by atoms with Crippen LogP contribution in [0.25, 0.3) is 11.4 Å². The second kappa shape index (κ2) is 9.75. The summed E-state index contributed by atoms with van der Waals surface area (Å²) >= 11 is 7.47. The van der Waals surface area contributed by atoms with Crippen LogP contribution in [0.1, 0.15) is 33.3 Å². The van der Waals surface area contributed by atoms with E-state index in [1.165, 1.54) is 17.3 Å². The number of nitrogens with one attached hydrogen (secondary N) is 1. The molecule has 164 valence electrons. The fourth-order valence-corrected chi connectivity index (χ4v) is 4.14. The van der Waals surface area contributed by atoms with E-state index in [0.29, 0.717) is 28.2 Å². The number of aromatic nitrogens is 3. The summed E-state index contributed by atoms with van der Waals surface area (Å²) in [4.78, 5) is 12.4. The minimum atomic E-state index is -0.145. The molecule has 1 heterocycles. The number of hydrogen-bond acceptors (Lipinski definition) is 5. The summed E-state index contributed by atoms with van der Waals surface area (Å²) < 4.78 is 7.15. The van der Waals surface area contributed by atoms with E-state index in [-0.39, 0.29) is 17.1 Å². The van der Waals surface area contributed by atoms with E-state index in [2.05, 4.69) is 60.6 Å². The lowest BCUT2D eigenvalue weighted by Crippen LogP contribution is -2.14. The maximum atomic E-state index is 12.4. The minimum Gasteiger partial charge on any atom is -0.495 e. The van der Waals surface area contributed by atoms with Gasteiger partial charge in [-0.15, -0.1) is 10.2 Å². The van der Waals surface area contributed by atoms with Crippen LogP contribution < -0.4 is 10.1 Å². The number of benzene rings is 2. The summed E-state index contributed by atoms with van der Waals surface area (Å²) in [5, 5.41) is 12.7. The van der Waals surface area contributed by atoms with Crippen molar-refractivity contribution in [1.82, 2.24) is 14.8 Å². The fraction of sp³-hybridized carbons (Fsp3) is 0.348. The third-order valence-electron chi connectivity index (χ3n) is 4.81. The van der Waals surface area contributed by atoms with Crippen molar-refractivity contribution in [2.45, 2.75) is 44.8 Å². The monoisotopic (exact) mass is 458 g/mol. The van der Waals surface area contributed by atoms with Gasteiger partial charge in [0, 0.05) is 17.8 Å². The van der Waals surface area contributed by atoms with E-state index in [9.17, 15) is 4.79 Å². The number of halogens is 1. The maximum Gasteiger partial charge on any atom is 0.234 e. The number of hydrogen-bond donors (Lipinski definition) is 1. The molecule has 0 fully saturated rings. The van der Waals surface area contributed by atoms with Gasteiger partial charge in [-0.2, -0.15) is 0 Å². The summed E-state index contributed by atoms with van der Waals surface area (Å²) in [5.74, 6) is 1.43. The van der Waals surface area contributed by atoms with Crippen LogP contribution in [-0.4, -0.2) is 33.5 Å². The van der Waals surface area contributed by atoms with Crippen molar-refractivity contribution in [3.05, 3.63) is 53.1 Å². The molecule has 0 atom stereocenters. The fourth-order valence-electron chi connectivity index (χ4n) is 3.08. The Kier molecular flexibility index (Phi) is 7.28. The SMILES string of the molecule is CCn1c(SCC(=O)Nc2ccc(OC)c(Cl)c2)nnc1-c1ccc(C(C)(C)C)cc1. The standard InChI is InChI=1S/C23H27ClN4O2S/c1-6-28-21(15-7-9-16(10-8-15)23(2,3)4)26-27-22(28)31-14-20(29)25-17-11-12-19(30-5)18(24)13-17/h7-13H,6,14H2,1-5H3,(H,25,29). The van der Waals surface area contributed by atoms with Gasteiger partial charge in [0.1, 0.15) is 5.75 Å². The zero-order chi connectivity index (χ0) is 22.6. The van der Waals surface area contributed by atoms with Crippen molar-refractivity contribution in [3.63, 3.8) is 0 Å². The molecule has 0 aliphatic heterocycles. The van der Waals surface area contributed by atoms with Crippen LogP contribution in [0.2, 0.25) is 5.02 Å². The number of ether oxygens (including phenoxy) is 1. The highest BCUT2D eigenvalue weighted by Gasteiger charge is 2.17. The van der Waals surface area contributed by atoms with Crippen LogP contribution in [0.4, 0.5) is 5.69 Å². The predicted molar refractivity (Wildman–Crippen MR) is 127 cm³/mol. The van der Waals surface area contributed by atoms with Crippen molar-refractivity contribution in [2.24, 2.45) is 0 Å².